The molecule has 31 heavy (non-hydrogen) atoms. The first-order valence-corrected chi connectivity index (χ1v) is 11.4. The van der Waals surface area contributed by atoms with Crippen LogP contribution in [-0.4, -0.2) is 49.9 Å². The van der Waals surface area contributed by atoms with Gasteiger partial charge in [-0.3, -0.25) is 14.9 Å². The molecule has 1 heterocycles. The maximum atomic E-state index is 13.0. The maximum absolute atomic E-state index is 13.0. The Kier molecular flexibility index (Phi) is 5.78. The normalized spacial score (nSPS) is 18.7. The van der Waals surface area contributed by atoms with E-state index in [-0.39, 0.29) is 16.3 Å². The summed E-state index contributed by atoms with van der Waals surface area (Å²) >= 11 is 0. The Bertz CT molecular complexity index is 1070. The second-order valence-corrected chi connectivity index (χ2v) is 9.55. The lowest BCUT2D eigenvalue weighted by atomic mass is 9.64. The number of esters is 1. The van der Waals surface area contributed by atoms with Gasteiger partial charge in [-0.05, 0) is 42.7 Å². The van der Waals surface area contributed by atoms with E-state index in [0.717, 1.165) is 6.42 Å². The number of sulfonamides is 1. The zero-order valence-electron chi connectivity index (χ0n) is 16.7. The van der Waals surface area contributed by atoms with Gasteiger partial charge in [0.25, 0.3) is 5.69 Å². The largest absolute Gasteiger partial charge is 0.426 e. The molecule has 2 aromatic rings. The van der Waals surface area contributed by atoms with Gasteiger partial charge in [0.2, 0.25) is 10.0 Å². The third-order valence-electron chi connectivity index (χ3n) is 5.87. The van der Waals surface area contributed by atoms with E-state index < -0.39 is 26.3 Å². The second-order valence-electron chi connectivity index (χ2n) is 7.62. The molecule has 0 aromatic heterocycles. The summed E-state index contributed by atoms with van der Waals surface area (Å²) in [6.07, 6.45) is 2.03. The smallest absolute Gasteiger partial charge is 0.321 e. The van der Waals surface area contributed by atoms with Crippen molar-refractivity contribution in [1.29, 1.82) is 0 Å². The van der Waals surface area contributed by atoms with Crippen molar-refractivity contribution in [2.24, 2.45) is 0 Å². The van der Waals surface area contributed by atoms with E-state index in [4.69, 9.17) is 9.47 Å². The molecule has 0 radical (unpaired) electrons. The molecule has 0 atom stereocenters. The summed E-state index contributed by atoms with van der Waals surface area (Å²) in [6, 6.07) is 11.7. The Morgan fingerprint density at radius 1 is 1.03 bits per heavy atom. The molecule has 2 aromatic carbocycles. The molecule has 0 bridgehead atoms. The van der Waals surface area contributed by atoms with Crippen LogP contribution in [0.3, 0.4) is 0 Å². The minimum absolute atomic E-state index is 0.0383. The van der Waals surface area contributed by atoms with Gasteiger partial charge in [0.1, 0.15) is 5.75 Å². The summed E-state index contributed by atoms with van der Waals surface area (Å²) in [5.74, 6) is -0.199. The fourth-order valence-electron chi connectivity index (χ4n) is 3.86. The molecule has 0 N–H and O–H groups in total. The van der Waals surface area contributed by atoms with Crippen LogP contribution in [0.4, 0.5) is 5.69 Å². The van der Waals surface area contributed by atoms with Crippen molar-refractivity contribution >= 4 is 21.7 Å². The number of non-ortho nitro benzene ring substituents is 1. The number of carbonyl (C=O) groups is 1. The SMILES string of the molecule is O=C(Oc1ccc(S(=O)(=O)N2CCOCC2)cc1)C1(c2ccc([N+](=O)[O-])cc2)CCC1. The Labute approximate surface area is 179 Å². The molecule has 2 aliphatic rings. The molecular weight excluding hydrogens is 424 g/mol. The van der Waals surface area contributed by atoms with Crippen molar-refractivity contribution in [3.63, 3.8) is 0 Å². The van der Waals surface area contributed by atoms with E-state index in [9.17, 15) is 23.3 Å². The van der Waals surface area contributed by atoms with Gasteiger partial charge in [-0.1, -0.05) is 18.6 Å². The summed E-state index contributed by atoms with van der Waals surface area (Å²) in [6.45, 7) is 1.33. The molecule has 2 fully saturated rings. The molecule has 0 amide bonds. The number of benzene rings is 2. The van der Waals surface area contributed by atoms with Gasteiger partial charge in [0, 0.05) is 25.2 Å². The van der Waals surface area contributed by atoms with Crippen molar-refractivity contribution in [2.75, 3.05) is 26.3 Å². The summed E-state index contributed by atoms with van der Waals surface area (Å²) in [4.78, 5) is 23.5. The zero-order valence-corrected chi connectivity index (χ0v) is 17.5. The number of rotatable bonds is 6. The van der Waals surface area contributed by atoms with Gasteiger partial charge >= 0.3 is 5.97 Å². The van der Waals surface area contributed by atoms with Crippen LogP contribution in [0.5, 0.6) is 5.75 Å². The van der Waals surface area contributed by atoms with Crippen LogP contribution in [0.1, 0.15) is 24.8 Å². The first-order valence-electron chi connectivity index (χ1n) is 9.98. The van der Waals surface area contributed by atoms with Crippen LogP contribution in [-0.2, 0) is 25.0 Å². The number of carbonyl (C=O) groups excluding carboxylic acids is 1. The number of hydrogen-bond acceptors (Lipinski definition) is 7. The van der Waals surface area contributed by atoms with Crippen molar-refractivity contribution in [3.05, 3.63) is 64.2 Å². The van der Waals surface area contributed by atoms with Crippen LogP contribution < -0.4 is 4.74 Å². The van der Waals surface area contributed by atoms with E-state index in [1.165, 1.54) is 40.7 Å². The van der Waals surface area contributed by atoms with Gasteiger partial charge in [0.15, 0.2) is 0 Å². The quantitative estimate of drug-likeness (QED) is 0.290. The van der Waals surface area contributed by atoms with Crippen LogP contribution in [0.2, 0.25) is 0 Å². The number of nitrogens with zero attached hydrogens (tertiary/aromatic N) is 2. The first-order chi connectivity index (χ1) is 14.8. The highest BCUT2D eigenvalue weighted by molar-refractivity contribution is 7.89. The van der Waals surface area contributed by atoms with E-state index in [2.05, 4.69) is 0 Å². The van der Waals surface area contributed by atoms with Gasteiger partial charge in [0.05, 0.1) is 28.4 Å². The fraction of sp³-hybridized carbons (Fsp3) is 0.381. The molecular formula is C21H22N2O7S. The minimum Gasteiger partial charge on any atom is -0.426 e. The van der Waals surface area contributed by atoms with E-state index in [1.54, 1.807) is 12.1 Å². The first kappa shape index (κ1) is 21.4. The number of hydrogen-bond donors (Lipinski definition) is 0. The third kappa shape index (κ3) is 4.06. The minimum atomic E-state index is -3.63. The summed E-state index contributed by atoms with van der Waals surface area (Å²) < 4.78 is 37.6. The number of nitro benzene ring substituents is 1. The Hall–Kier alpha value is -2.82. The summed E-state index contributed by atoms with van der Waals surface area (Å²) in [7, 11) is -3.63. The molecule has 9 nitrogen and oxygen atoms in total. The molecule has 1 aliphatic heterocycles. The zero-order chi connectivity index (χ0) is 22.1. The Morgan fingerprint density at radius 2 is 1.65 bits per heavy atom. The van der Waals surface area contributed by atoms with Crippen LogP contribution in [0.25, 0.3) is 0 Å². The van der Waals surface area contributed by atoms with E-state index in [0.29, 0.717) is 44.7 Å². The number of morpholine rings is 1. The predicted molar refractivity (Wildman–Crippen MR) is 110 cm³/mol. The highest BCUT2D eigenvalue weighted by Gasteiger charge is 2.47. The van der Waals surface area contributed by atoms with E-state index in [1.807, 2.05) is 0 Å². The maximum Gasteiger partial charge on any atom is 0.321 e. The molecule has 4 rings (SSSR count). The highest BCUT2D eigenvalue weighted by Crippen LogP contribution is 2.45. The monoisotopic (exact) mass is 446 g/mol. The molecule has 10 heteroatoms. The standard InChI is InChI=1S/C21H22N2O7S/c24-20(21(10-1-11-21)16-2-4-17(5-3-16)23(25)26)30-18-6-8-19(9-7-18)31(27,28)22-12-14-29-15-13-22/h2-9H,1,10-15H2. The summed E-state index contributed by atoms with van der Waals surface area (Å²) in [5, 5.41) is 10.9. The van der Waals surface area contributed by atoms with Crippen molar-refractivity contribution in [1.82, 2.24) is 4.31 Å². The lowest BCUT2D eigenvalue weighted by Gasteiger charge is -2.39. The Balaban J connectivity index is 1.49. The molecule has 1 saturated heterocycles. The highest BCUT2D eigenvalue weighted by atomic mass is 32.2. The fourth-order valence-corrected chi connectivity index (χ4v) is 5.27. The molecule has 1 aliphatic carbocycles. The van der Waals surface area contributed by atoms with Gasteiger partial charge in [-0.25, -0.2) is 8.42 Å². The van der Waals surface area contributed by atoms with Gasteiger partial charge in [-0.2, -0.15) is 4.31 Å². The lowest BCUT2D eigenvalue weighted by Crippen LogP contribution is -2.45. The third-order valence-corrected chi connectivity index (χ3v) is 7.78. The second kappa shape index (κ2) is 8.37. The molecule has 0 unspecified atom stereocenters. The van der Waals surface area contributed by atoms with E-state index >= 15 is 0 Å². The Morgan fingerprint density at radius 3 is 2.16 bits per heavy atom. The lowest BCUT2D eigenvalue weighted by molar-refractivity contribution is -0.384. The molecule has 0 spiro atoms. The summed E-state index contributed by atoms with van der Waals surface area (Å²) in [5.41, 5.74) is -0.197. The molecule has 164 valence electrons. The van der Waals surface area contributed by atoms with Crippen LogP contribution >= 0.6 is 0 Å². The van der Waals surface area contributed by atoms with Crippen LogP contribution in [0.15, 0.2) is 53.4 Å². The topological polar surface area (TPSA) is 116 Å². The van der Waals surface area contributed by atoms with Crippen molar-refractivity contribution in [3.8, 4) is 5.75 Å². The van der Waals surface area contributed by atoms with Gasteiger partial charge in [-0.15, -0.1) is 0 Å². The average Bonchev–Trinajstić information content (AvgIpc) is 2.74. The molecule has 1 saturated carbocycles. The van der Waals surface area contributed by atoms with Crippen molar-refractivity contribution in [2.45, 2.75) is 29.6 Å². The number of nitro groups is 1. The predicted octanol–water partition coefficient (Wildman–Crippen LogP) is 2.64. The average molecular weight is 446 g/mol. The van der Waals surface area contributed by atoms with Gasteiger partial charge < -0.3 is 9.47 Å². The van der Waals surface area contributed by atoms with Crippen molar-refractivity contribution < 1.29 is 27.6 Å². The van der Waals surface area contributed by atoms with Crippen LogP contribution in [0, 0.1) is 10.1 Å². The number of ether oxygens (including phenoxy) is 2.